The molecule has 0 fully saturated rings. The van der Waals surface area contributed by atoms with Crippen LogP contribution < -0.4 is 10.5 Å². The van der Waals surface area contributed by atoms with Crippen LogP contribution in [0, 0.1) is 0 Å². The Morgan fingerprint density at radius 3 is 2.62 bits per heavy atom. The Morgan fingerprint density at radius 2 is 2.19 bits per heavy atom. The van der Waals surface area contributed by atoms with Crippen molar-refractivity contribution in [2.24, 2.45) is 5.73 Å². The van der Waals surface area contributed by atoms with Gasteiger partial charge in [0.1, 0.15) is 0 Å². The SMILES string of the molecule is C=C(C)C[C@H](N)c1ccc(OC)c(O)c1.Cl. The van der Waals surface area contributed by atoms with Crippen molar-refractivity contribution in [3.8, 4) is 11.5 Å². The summed E-state index contributed by atoms with van der Waals surface area (Å²) < 4.78 is 4.95. The Labute approximate surface area is 102 Å². The van der Waals surface area contributed by atoms with Crippen LogP contribution in [-0.2, 0) is 0 Å². The molecule has 0 amide bonds. The van der Waals surface area contributed by atoms with E-state index in [9.17, 15) is 5.11 Å². The van der Waals surface area contributed by atoms with E-state index in [1.165, 1.54) is 7.11 Å². The van der Waals surface area contributed by atoms with Crippen molar-refractivity contribution in [2.75, 3.05) is 7.11 Å². The Kier molecular flexibility index (Phi) is 5.93. The molecular formula is C12H18ClNO2. The van der Waals surface area contributed by atoms with Gasteiger partial charge in [0, 0.05) is 6.04 Å². The van der Waals surface area contributed by atoms with Crippen LogP contribution >= 0.6 is 12.4 Å². The second-order valence-electron chi connectivity index (χ2n) is 3.70. The smallest absolute Gasteiger partial charge is 0.160 e. The monoisotopic (exact) mass is 243 g/mol. The van der Waals surface area contributed by atoms with Gasteiger partial charge in [-0.3, -0.25) is 0 Å². The maximum absolute atomic E-state index is 9.57. The molecule has 3 nitrogen and oxygen atoms in total. The number of phenols is 1. The highest BCUT2D eigenvalue weighted by atomic mass is 35.5. The van der Waals surface area contributed by atoms with Gasteiger partial charge in [-0.1, -0.05) is 11.6 Å². The van der Waals surface area contributed by atoms with Gasteiger partial charge in [-0.15, -0.1) is 19.0 Å². The van der Waals surface area contributed by atoms with Crippen molar-refractivity contribution >= 4 is 12.4 Å². The largest absolute Gasteiger partial charge is 0.504 e. The summed E-state index contributed by atoms with van der Waals surface area (Å²) in [6.07, 6.45) is 0.714. The van der Waals surface area contributed by atoms with Gasteiger partial charge in [0.2, 0.25) is 0 Å². The van der Waals surface area contributed by atoms with Gasteiger partial charge in [-0.25, -0.2) is 0 Å². The number of aromatic hydroxyl groups is 1. The van der Waals surface area contributed by atoms with Crippen molar-refractivity contribution in [1.29, 1.82) is 0 Å². The first-order valence-electron chi connectivity index (χ1n) is 4.81. The zero-order valence-corrected chi connectivity index (χ0v) is 10.4. The van der Waals surface area contributed by atoms with Crippen molar-refractivity contribution in [1.82, 2.24) is 0 Å². The van der Waals surface area contributed by atoms with Crippen LogP contribution in [0.25, 0.3) is 0 Å². The van der Waals surface area contributed by atoms with Gasteiger partial charge < -0.3 is 15.6 Å². The highest BCUT2D eigenvalue weighted by Gasteiger charge is 2.09. The van der Waals surface area contributed by atoms with Crippen LogP contribution in [0.5, 0.6) is 11.5 Å². The first-order chi connectivity index (χ1) is 7.04. The molecule has 0 unspecified atom stereocenters. The number of hydrogen-bond donors (Lipinski definition) is 2. The van der Waals surface area contributed by atoms with Crippen molar-refractivity contribution < 1.29 is 9.84 Å². The molecule has 0 aliphatic rings. The van der Waals surface area contributed by atoms with E-state index in [1.807, 2.05) is 13.0 Å². The van der Waals surface area contributed by atoms with E-state index in [0.29, 0.717) is 12.2 Å². The molecule has 0 saturated heterocycles. The van der Waals surface area contributed by atoms with E-state index in [0.717, 1.165) is 11.1 Å². The molecule has 0 aliphatic heterocycles. The van der Waals surface area contributed by atoms with Crippen molar-refractivity contribution in [3.05, 3.63) is 35.9 Å². The fraction of sp³-hybridized carbons (Fsp3) is 0.333. The first kappa shape index (κ1) is 14.8. The fourth-order valence-corrected chi connectivity index (χ4v) is 1.43. The Hall–Kier alpha value is -1.19. The normalized spacial score (nSPS) is 11.4. The molecule has 0 aromatic heterocycles. The number of halogens is 1. The summed E-state index contributed by atoms with van der Waals surface area (Å²) in [7, 11) is 1.52. The minimum Gasteiger partial charge on any atom is -0.504 e. The quantitative estimate of drug-likeness (QED) is 0.800. The summed E-state index contributed by atoms with van der Waals surface area (Å²) in [5, 5.41) is 9.57. The standard InChI is InChI=1S/C12H17NO2.ClH/c1-8(2)6-10(13)9-4-5-12(15-3)11(14)7-9;/h4-5,7,10,14H,1,6,13H2,2-3H3;1H/t10-;/m0./s1. The Morgan fingerprint density at radius 1 is 1.56 bits per heavy atom. The van der Waals surface area contributed by atoms with E-state index in [1.54, 1.807) is 12.1 Å². The lowest BCUT2D eigenvalue weighted by Crippen LogP contribution is -2.10. The van der Waals surface area contributed by atoms with Crippen LogP contribution in [0.2, 0.25) is 0 Å². The first-order valence-corrected chi connectivity index (χ1v) is 4.81. The molecule has 0 bridgehead atoms. The second-order valence-corrected chi connectivity index (χ2v) is 3.70. The highest BCUT2D eigenvalue weighted by molar-refractivity contribution is 5.85. The fourth-order valence-electron chi connectivity index (χ4n) is 1.43. The minimum atomic E-state index is -0.126. The van der Waals surface area contributed by atoms with Gasteiger partial charge in [-0.05, 0) is 31.0 Å². The minimum absolute atomic E-state index is 0. The molecule has 16 heavy (non-hydrogen) atoms. The summed E-state index contributed by atoms with van der Waals surface area (Å²) in [4.78, 5) is 0. The maximum atomic E-state index is 9.57. The number of nitrogens with two attached hydrogens (primary N) is 1. The summed E-state index contributed by atoms with van der Waals surface area (Å²) in [6, 6.07) is 5.07. The molecule has 3 N–H and O–H groups in total. The zero-order valence-electron chi connectivity index (χ0n) is 9.56. The van der Waals surface area contributed by atoms with Crippen LogP contribution in [0.1, 0.15) is 24.9 Å². The molecule has 1 rings (SSSR count). The molecule has 0 saturated carbocycles. The van der Waals surface area contributed by atoms with Crippen LogP contribution in [0.15, 0.2) is 30.4 Å². The number of phenolic OH excluding ortho intramolecular Hbond substituents is 1. The number of benzene rings is 1. The highest BCUT2D eigenvalue weighted by Crippen LogP contribution is 2.29. The van der Waals surface area contributed by atoms with Crippen LogP contribution in [0.4, 0.5) is 0 Å². The number of ether oxygens (including phenoxy) is 1. The average molecular weight is 244 g/mol. The molecule has 1 aromatic carbocycles. The summed E-state index contributed by atoms with van der Waals surface area (Å²) in [5.41, 5.74) is 7.85. The van der Waals surface area contributed by atoms with Crippen LogP contribution in [-0.4, -0.2) is 12.2 Å². The molecule has 1 atom stereocenters. The Bertz CT molecular complexity index is 366. The molecule has 0 heterocycles. The van der Waals surface area contributed by atoms with E-state index < -0.39 is 0 Å². The number of rotatable bonds is 4. The van der Waals surface area contributed by atoms with E-state index in [-0.39, 0.29) is 24.2 Å². The molecule has 4 heteroatoms. The van der Waals surface area contributed by atoms with Crippen LogP contribution in [0.3, 0.4) is 0 Å². The van der Waals surface area contributed by atoms with Crippen molar-refractivity contribution in [3.63, 3.8) is 0 Å². The van der Waals surface area contributed by atoms with Gasteiger partial charge >= 0.3 is 0 Å². The topological polar surface area (TPSA) is 55.5 Å². The zero-order chi connectivity index (χ0) is 11.4. The third kappa shape index (κ3) is 3.76. The lowest BCUT2D eigenvalue weighted by atomic mass is 10.0. The van der Waals surface area contributed by atoms with Gasteiger partial charge in [-0.2, -0.15) is 0 Å². The maximum Gasteiger partial charge on any atom is 0.160 e. The number of methoxy groups -OCH3 is 1. The molecule has 0 aliphatic carbocycles. The molecular weight excluding hydrogens is 226 g/mol. The van der Waals surface area contributed by atoms with E-state index in [2.05, 4.69) is 6.58 Å². The summed E-state index contributed by atoms with van der Waals surface area (Å²) >= 11 is 0. The predicted octanol–water partition coefficient (Wildman–Crippen LogP) is 2.79. The lowest BCUT2D eigenvalue weighted by Gasteiger charge is -2.13. The summed E-state index contributed by atoms with van der Waals surface area (Å²) in [5.74, 6) is 0.577. The van der Waals surface area contributed by atoms with Crippen molar-refractivity contribution in [2.45, 2.75) is 19.4 Å². The molecule has 0 radical (unpaired) electrons. The third-order valence-corrected chi connectivity index (χ3v) is 2.20. The van der Waals surface area contributed by atoms with Gasteiger partial charge in [0.25, 0.3) is 0 Å². The molecule has 90 valence electrons. The number of hydrogen-bond acceptors (Lipinski definition) is 3. The average Bonchev–Trinajstić information content (AvgIpc) is 2.16. The second kappa shape index (κ2) is 6.40. The van der Waals surface area contributed by atoms with E-state index >= 15 is 0 Å². The summed E-state index contributed by atoms with van der Waals surface area (Å²) in [6.45, 7) is 5.74. The van der Waals surface area contributed by atoms with Gasteiger partial charge in [0.15, 0.2) is 11.5 Å². The predicted molar refractivity (Wildman–Crippen MR) is 68.3 cm³/mol. The molecule has 1 aromatic rings. The van der Waals surface area contributed by atoms with Gasteiger partial charge in [0.05, 0.1) is 7.11 Å². The molecule has 0 spiro atoms. The van der Waals surface area contributed by atoms with E-state index in [4.69, 9.17) is 10.5 Å². The third-order valence-electron chi connectivity index (χ3n) is 2.20. The lowest BCUT2D eigenvalue weighted by molar-refractivity contribution is 0.372. The Balaban J connectivity index is 0.00000225.